The first-order chi connectivity index (χ1) is 12.1. The average molecular weight is 375 g/mol. The van der Waals surface area contributed by atoms with Crippen molar-refractivity contribution in [1.29, 1.82) is 0 Å². The van der Waals surface area contributed by atoms with E-state index in [1.165, 1.54) is 11.8 Å². The maximum Gasteiger partial charge on any atom is 0.238 e. The van der Waals surface area contributed by atoms with Gasteiger partial charge in [0.05, 0.1) is 17.0 Å². The summed E-state index contributed by atoms with van der Waals surface area (Å²) in [5.74, 6) is -0.257. The van der Waals surface area contributed by atoms with Crippen molar-refractivity contribution in [1.82, 2.24) is 5.32 Å². The van der Waals surface area contributed by atoms with Crippen LogP contribution in [0.3, 0.4) is 0 Å². The standard InChI is InChI=1S/C19H19ClN2O2S/c1-2-14(12-7-9-13(20)10-8-12)21-18(23)11-17-19(24)22-15-5-3-4-6-16(15)25-17/h3-10,14,17H,2,11H2,1H3,(H,21,23)(H,22,24)/t14-,17-/m0/s1. The summed E-state index contributed by atoms with van der Waals surface area (Å²) in [5, 5.41) is 6.13. The van der Waals surface area contributed by atoms with Gasteiger partial charge in [-0.3, -0.25) is 9.59 Å². The minimum absolute atomic E-state index is 0.0892. The van der Waals surface area contributed by atoms with Crippen LogP contribution in [-0.2, 0) is 9.59 Å². The minimum atomic E-state index is -0.419. The van der Waals surface area contributed by atoms with Gasteiger partial charge in [0.25, 0.3) is 0 Å². The molecule has 2 N–H and O–H groups in total. The van der Waals surface area contributed by atoms with Gasteiger partial charge in [0.15, 0.2) is 0 Å². The van der Waals surface area contributed by atoms with Crippen molar-refractivity contribution >= 4 is 40.9 Å². The Morgan fingerprint density at radius 2 is 1.96 bits per heavy atom. The molecule has 0 fully saturated rings. The zero-order chi connectivity index (χ0) is 17.8. The van der Waals surface area contributed by atoms with Crippen LogP contribution in [0, 0.1) is 0 Å². The Hall–Kier alpha value is -1.98. The molecule has 25 heavy (non-hydrogen) atoms. The fraction of sp³-hybridized carbons (Fsp3) is 0.263. The number of carbonyl (C=O) groups excluding carboxylic acids is 2. The van der Waals surface area contributed by atoms with Crippen molar-refractivity contribution in [2.75, 3.05) is 5.32 Å². The molecule has 0 bridgehead atoms. The quantitative estimate of drug-likeness (QED) is 0.814. The molecule has 0 spiro atoms. The Morgan fingerprint density at radius 1 is 1.24 bits per heavy atom. The second-order valence-electron chi connectivity index (χ2n) is 5.88. The molecule has 1 aliphatic heterocycles. The molecular weight excluding hydrogens is 356 g/mol. The zero-order valence-electron chi connectivity index (χ0n) is 13.8. The normalized spacial score (nSPS) is 17.4. The molecule has 2 amide bonds. The lowest BCUT2D eigenvalue weighted by Crippen LogP contribution is -2.36. The smallest absolute Gasteiger partial charge is 0.238 e. The molecular formula is C19H19ClN2O2S. The van der Waals surface area contributed by atoms with Crippen LogP contribution in [-0.4, -0.2) is 17.1 Å². The zero-order valence-corrected chi connectivity index (χ0v) is 15.4. The number of hydrogen-bond acceptors (Lipinski definition) is 3. The Bertz CT molecular complexity index is 779. The third-order valence-corrected chi connectivity index (χ3v) is 5.62. The summed E-state index contributed by atoms with van der Waals surface area (Å²) < 4.78 is 0. The van der Waals surface area contributed by atoms with Crippen LogP contribution in [0.1, 0.15) is 31.4 Å². The van der Waals surface area contributed by atoms with Crippen LogP contribution in [0.4, 0.5) is 5.69 Å². The van der Waals surface area contributed by atoms with Gasteiger partial charge < -0.3 is 10.6 Å². The highest BCUT2D eigenvalue weighted by Gasteiger charge is 2.29. The largest absolute Gasteiger partial charge is 0.349 e. The molecule has 2 aromatic carbocycles. The molecule has 1 aliphatic rings. The first-order valence-corrected chi connectivity index (χ1v) is 9.44. The lowest BCUT2D eigenvalue weighted by atomic mass is 10.0. The molecule has 2 atom stereocenters. The van der Waals surface area contributed by atoms with Crippen molar-refractivity contribution in [3.63, 3.8) is 0 Å². The first kappa shape index (κ1) is 17.8. The predicted molar refractivity (Wildman–Crippen MR) is 102 cm³/mol. The Morgan fingerprint density at radius 3 is 2.68 bits per heavy atom. The number of para-hydroxylation sites is 1. The lowest BCUT2D eigenvalue weighted by molar-refractivity contribution is -0.124. The van der Waals surface area contributed by atoms with Crippen LogP contribution >= 0.6 is 23.4 Å². The summed E-state index contributed by atoms with van der Waals surface area (Å²) in [6.07, 6.45) is 0.912. The summed E-state index contributed by atoms with van der Waals surface area (Å²) >= 11 is 7.35. The van der Waals surface area contributed by atoms with Gasteiger partial charge in [-0.2, -0.15) is 0 Å². The van der Waals surface area contributed by atoms with E-state index in [1.54, 1.807) is 0 Å². The van der Waals surface area contributed by atoms with Crippen LogP contribution < -0.4 is 10.6 Å². The SMILES string of the molecule is CC[C@H](NC(=O)C[C@@H]1Sc2ccccc2NC1=O)c1ccc(Cl)cc1. The second-order valence-corrected chi connectivity index (χ2v) is 7.56. The van der Waals surface area contributed by atoms with Crippen molar-refractivity contribution in [2.24, 2.45) is 0 Å². The highest BCUT2D eigenvalue weighted by Crippen LogP contribution is 2.36. The summed E-state index contributed by atoms with van der Waals surface area (Å²) in [6.45, 7) is 2.01. The number of carbonyl (C=O) groups is 2. The number of nitrogens with one attached hydrogen (secondary N) is 2. The number of fused-ring (bicyclic) bond motifs is 1. The van der Waals surface area contributed by atoms with E-state index in [1.807, 2.05) is 55.5 Å². The molecule has 6 heteroatoms. The summed E-state index contributed by atoms with van der Waals surface area (Å²) in [5.41, 5.74) is 1.81. The van der Waals surface area contributed by atoms with Gasteiger partial charge in [0.1, 0.15) is 0 Å². The van der Waals surface area contributed by atoms with Crippen LogP contribution in [0.2, 0.25) is 5.02 Å². The number of anilines is 1. The molecule has 0 saturated heterocycles. The molecule has 0 unspecified atom stereocenters. The molecule has 130 valence electrons. The number of hydrogen-bond donors (Lipinski definition) is 2. The van der Waals surface area contributed by atoms with E-state index in [0.29, 0.717) is 5.02 Å². The Kier molecular flexibility index (Phi) is 5.66. The van der Waals surface area contributed by atoms with Gasteiger partial charge >= 0.3 is 0 Å². The van der Waals surface area contributed by atoms with E-state index < -0.39 is 5.25 Å². The van der Waals surface area contributed by atoms with Crippen molar-refractivity contribution in [3.8, 4) is 0 Å². The van der Waals surface area contributed by atoms with E-state index >= 15 is 0 Å². The predicted octanol–water partition coefficient (Wildman–Crippen LogP) is 4.41. The summed E-state index contributed by atoms with van der Waals surface area (Å²) in [7, 11) is 0. The Balaban J connectivity index is 1.64. The van der Waals surface area contributed by atoms with Crippen LogP contribution in [0.15, 0.2) is 53.4 Å². The van der Waals surface area contributed by atoms with Crippen molar-refractivity contribution < 1.29 is 9.59 Å². The Labute approximate surface area is 156 Å². The number of benzene rings is 2. The van der Waals surface area contributed by atoms with Crippen molar-refractivity contribution in [3.05, 3.63) is 59.1 Å². The molecule has 1 heterocycles. The van der Waals surface area contributed by atoms with E-state index in [4.69, 9.17) is 11.6 Å². The second kappa shape index (κ2) is 7.93. The molecule has 0 aromatic heterocycles. The van der Waals surface area contributed by atoms with E-state index in [0.717, 1.165) is 22.6 Å². The number of thioether (sulfide) groups is 1. The lowest BCUT2D eigenvalue weighted by Gasteiger charge is -2.24. The maximum absolute atomic E-state index is 12.4. The van der Waals surface area contributed by atoms with Crippen LogP contribution in [0.5, 0.6) is 0 Å². The topological polar surface area (TPSA) is 58.2 Å². The highest BCUT2D eigenvalue weighted by atomic mass is 35.5. The third-order valence-electron chi connectivity index (χ3n) is 4.09. The van der Waals surface area contributed by atoms with Gasteiger partial charge in [-0.05, 0) is 36.2 Å². The number of halogens is 1. The summed E-state index contributed by atoms with van der Waals surface area (Å²) in [6, 6.07) is 15.0. The molecule has 3 rings (SSSR count). The van der Waals surface area contributed by atoms with Crippen LogP contribution in [0.25, 0.3) is 0 Å². The van der Waals surface area contributed by atoms with Gasteiger partial charge in [-0.15, -0.1) is 11.8 Å². The van der Waals surface area contributed by atoms with Gasteiger partial charge in [-0.25, -0.2) is 0 Å². The number of rotatable bonds is 5. The maximum atomic E-state index is 12.4. The molecule has 2 aromatic rings. The first-order valence-electron chi connectivity index (χ1n) is 8.18. The molecule has 4 nitrogen and oxygen atoms in total. The van der Waals surface area contributed by atoms with E-state index in [2.05, 4.69) is 10.6 Å². The van der Waals surface area contributed by atoms with Gasteiger partial charge in [0, 0.05) is 16.3 Å². The highest BCUT2D eigenvalue weighted by molar-refractivity contribution is 8.01. The fourth-order valence-corrected chi connectivity index (χ4v) is 4.00. The minimum Gasteiger partial charge on any atom is -0.349 e. The number of amides is 2. The van der Waals surface area contributed by atoms with Crippen molar-refractivity contribution in [2.45, 2.75) is 36.0 Å². The van der Waals surface area contributed by atoms with E-state index in [9.17, 15) is 9.59 Å². The molecule has 0 radical (unpaired) electrons. The summed E-state index contributed by atoms with van der Waals surface area (Å²) in [4.78, 5) is 25.7. The fourth-order valence-electron chi connectivity index (χ4n) is 2.76. The third kappa shape index (κ3) is 4.35. The monoisotopic (exact) mass is 374 g/mol. The van der Waals surface area contributed by atoms with Gasteiger partial charge in [0.2, 0.25) is 11.8 Å². The van der Waals surface area contributed by atoms with Gasteiger partial charge in [-0.1, -0.05) is 42.8 Å². The molecule has 0 saturated carbocycles. The van der Waals surface area contributed by atoms with E-state index in [-0.39, 0.29) is 24.3 Å². The molecule has 0 aliphatic carbocycles. The average Bonchev–Trinajstić information content (AvgIpc) is 2.61.